The number of H-pyrrole nitrogens is 1. The normalized spacial score (nSPS) is 11.0. The van der Waals surface area contributed by atoms with E-state index in [2.05, 4.69) is 15.3 Å². The predicted octanol–water partition coefficient (Wildman–Crippen LogP) is 4.20. The highest BCUT2D eigenvalue weighted by Crippen LogP contribution is 2.28. The third-order valence-corrected chi connectivity index (χ3v) is 3.78. The number of rotatable bonds is 6. The lowest BCUT2D eigenvalue weighted by atomic mass is 10.3. The summed E-state index contributed by atoms with van der Waals surface area (Å²) in [5.74, 6) is 0.577. The number of para-hydroxylation sites is 1. The van der Waals surface area contributed by atoms with Gasteiger partial charge in [-0.15, -0.1) is 10.2 Å². The van der Waals surface area contributed by atoms with E-state index in [-0.39, 0.29) is 11.4 Å². The van der Waals surface area contributed by atoms with Gasteiger partial charge in [0, 0.05) is 12.1 Å². The van der Waals surface area contributed by atoms with Gasteiger partial charge >= 0.3 is 0 Å². The largest absolute Gasteiger partial charge is 0.492 e. The van der Waals surface area contributed by atoms with Gasteiger partial charge in [0.05, 0.1) is 22.9 Å². The minimum atomic E-state index is -0.498. The van der Waals surface area contributed by atoms with Crippen molar-refractivity contribution < 1.29 is 9.66 Å². The standard InChI is InChI=1S/C18H17N5O4/c1-3-27-16-7-5-4-6-15(16)19-20-17-12(2)21-22(18(17)24)13-8-10-14(11-9-13)23(25)26/h4-11,21H,3H2,1-2H3. The van der Waals surface area contributed by atoms with Gasteiger partial charge in [-0.3, -0.25) is 20.0 Å². The highest BCUT2D eigenvalue weighted by atomic mass is 16.6. The van der Waals surface area contributed by atoms with Crippen LogP contribution >= 0.6 is 0 Å². The third kappa shape index (κ3) is 3.76. The molecule has 0 aliphatic heterocycles. The van der Waals surface area contributed by atoms with Crippen LogP contribution in [0, 0.1) is 17.0 Å². The molecule has 0 fully saturated rings. The molecule has 0 amide bonds. The van der Waals surface area contributed by atoms with E-state index >= 15 is 0 Å². The summed E-state index contributed by atoms with van der Waals surface area (Å²) < 4.78 is 6.76. The quantitative estimate of drug-likeness (QED) is 0.399. The highest BCUT2D eigenvalue weighted by molar-refractivity contribution is 5.52. The topological polar surface area (TPSA) is 115 Å². The van der Waals surface area contributed by atoms with E-state index in [1.54, 1.807) is 25.1 Å². The fourth-order valence-corrected chi connectivity index (χ4v) is 2.48. The SMILES string of the molecule is CCOc1ccccc1N=Nc1c(C)[nH]n(-c2ccc([N+](=O)[O-])cc2)c1=O. The maximum Gasteiger partial charge on any atom is 0.299 e. The molecule has 3 rings (SSSR count). The smallest absolute Gasteiger partial charge is 0.299 e. The predicted molar refractivity (Wildman–Crippen MR) is 99.6 cm³/mol. The molecule has 0 atom stereocenters. The summed E-state index contributed by atoms with van der Waals surface area (Å²) in [5.41, 5.74) is 1.20. The molecule has 0 radical (unpaired) electrons. The van der Waals surface area contributed by atoms with Crippen LogP contribution < -0.4 is 10.3 Å². The first-order valence-electron chi connectivity index (χ1n) is 8.21. The molecule has 1 aromatic heterocycles. The van der Waals surface area contributed by atoms with Crippen molar-refractivity contribution in [1.29, 1.82) is 0 Å². The van der Waals surface area contributed by atoms with Crippen molar-refractivity contribution in [2.24, 2.45) is 10.2 Å². The first-order valence-corrected chi connectivity index (χ1v) is 8.21. The van der Waals surface area contributed by atoms with E-state index in [0.717, 1.165) is 0 Å². The molecule has 1 heterocycles. The molecule has 0 saturated carbocycles. The highest BCUT2D eigenvalue weighted by Gasteiger charge is 2.13. The third-order valence-electron chi connectivity index (χ3n) is 3.78. The van der Waals surface area contributed by atoms with Crippen LogP contribution in [0.1, 0.15) is 12.6 Å². The van der Waals surface area contributed by atoms with Crippen LogP contribution in [-0.2, 0) is 0 Å². The monoisotopic (exact) mass is 367 g/mol. The number of hydrogen-bond acceptors (Lipinski definition) is 6. The molecule has 0 aliphatic carbocycles. The number of hydrogen-bond donors (Lipinski definition) is 1. The minimum Gasteiger partial charge on any atom is -0.492 e. The summed E-state index contributed by atoms with van der Waals surface area (Å²) in [6.07, 6.45) is 0. The van der Waals surface area contributed by atoms with Gasteiger partial charge in [-0.05, 0) is 38.1 Å². The number of nitrogens with one attached hydrogen (secondary N) is 1. The first kappa shape index (κ1) is 18.1. The first-order chi connectivity index (χ1) is 13.0. The van der Waals surface area contributed by atoms with Gasteiger partial charge in [-0.2, -0.15) is 0 Å². The van der Waals surface area contributed by atoms with E-state index in [0.29, 0.717) is 29.4 Å². The van der Waals surface area contributed by atoms with E-state index in [9.17, 15) is 14.9 Å². The van der Waals surface area contributed by atoms with Crippen molar-refractivity contribution in [3.8, 4) is 11.4 Å². The van der Waals surface area contributed by atoms with E-state index in [4.69, 9.17) is 4.74 Å². The molecule has 0 bridgehead atoms. The molecular formula is C18H17N5O4. The van der Waals surface area contributed by atoms with Gasteiger partial charge in [0.25, 0.3) is 11.2 Å². The van der Waals surface area contributed by atoms with Gasteiger partial charge in [-0.25, -0.2) is 4.68 Å². The van der Waals surface area contributed by atoms with Crippen molar-refractivity contribution >= 4 is 17.1 Å². The molecule has 2 aromatic carbocycles. The fraction of sp³-hybridized carbons (Fsp3) is 0.167. The minimum absolute atomic E-state index is 0.0532. The second kappa shape index (κ2) is 7.65. The van der Waals surface area contributed by atoms with Gasteiger partial charge in [0.1, 0.15) is 11.4 Å². The Hall–Kier alpha value is -3.75. The zero-order chi connectivity index (χ0) is 19.4. The number of benzene rings is 2. The molecule has 0 saturated heterocycles. The Kier molecular flexibility index (Phi) is 5.11. The molecule has 9 nitrogen and oxygen atoms in total. The van der Waals surface area contributed by atoms with Crippen LogP contribution in [0.5, 0.6) is 5.75 Å². The Labute approximate surface area is 154 Å². The van der Waals surface area contributed by atoms with Gasteiger partial charge in [0.15, 0.2) is 5.69 Å². The molecule has 3 aromatic rings. The summed E-state index contributed by atoms with van der Waals surface area (Å²) in [5, 5.41) is 21.9. The maximum absolute atomic E-state index is 12.7. The Bertz CT molecular complexity index is 1050. The molecule has 0 spiro atoms. The fourth-order valence-electron chi connectivity index (χ4n) is 2.48. The second-order valence-corrected chi connectivity index (χ2v) is 5.60. The summed E-state index contributed by atoms with van der Waals surface area (Å²) in [7, 11) is 0. The van der Waals surface area contributed by atoms with Crippen LogP contribution in [0.15, 0.2) is 63.6 Å². The van der Waals surface area contributed by atoms with Gasteiger partial charge < -0.3 is 4.74 Å². The molecule has 138 valence electrons. The number of aryl methyl sites for hydroxylation is 1. The van der Waals surface area contributed by atoms with Crippen LogP contribution in [0.3, 0.4) is 0 Å². The molecule has 0 aliphatic rings. The number of aromatic amines is 1. The molecule has 27 heavy (non-hydrogen) atoms. The Morgan fingerprint density at radius 1 is 1.15 bits per heavy atom. The number of ether oxygens (including phenoxy) is 1. The lowest BCUT2D eigenvalue weighted by molar-refractivity contribution is -0.384. The lowest BCUT2D eigenvalue weighted by Crippen LogP contribution is -2.13. The summed E-state index contributed by atoms with van der Waals surface area (Å²) in [6.45, 7) is 4.06. The molecule has 9 heteroatoms. The van der Waals surface area contributed by atoms with Crippen molar-refractivity contribution in [3.63, 3.8) is 0 Å². The second-order valence-electron chi connectivity index (χ2n) is 5.60. The summed E-state index contributed by atoms with van der Waals surface area (Å²) in [4.78, 5) is 22.9. The average molecular weight is 367 g/mol. The van der Waals surface area contributed by atoms with Crippen LogP contribution in [0.2, 0.25) is 0 Å². The molecular weight excluding hydrogens is 350 g/mol. The zero-order valence-corrected chi connectivity index (χ0v) is 14.7. The van der Waals surface area contributed by atoms with E-state index in [1.165, 1.54) is 28.9 Å². The maximum atomic E-state index is 12.7. The van der Waals surface area contributed by atoms with Gasteiger partial charge in [-0.1, -0.05) is 12.1 Å². The number of aromatic nitrogens is 2. The van der Waals surface area contributed by atoms with Crippen LogP contribution in [-0.4, -0.2) is 21.3 Å². The number of nitro groups is 1. The van der Waals surface area contributed by atoms with Crippen molar-refractivity contribution in [1.82, 2.24) is 9.78 Å². The Morgan fingerprint density at radius 3 is 2.52 bits per heavy atom. The van der Waals surface area contributed by atoms with Crippen molar-refractivity contribution in [2.45, 2.75) is 13.8 Å². The van der Waals surface area contributed by atoms with E-state index < -0.39 is 10.5 Å². The average Bonchev–Trinajstić information content (AvgIpc) is 2.95. The van der Waals surface area contributed by atoms with Crippen LogP contribution in [0.4, 0.5) is 17.1 Å². The van der Waals surface area contributed by atoms with Gasteiger partial charge in [0.2, 0.25) is 0 Å². The van der Waals surface area contributed by atoms with Crippen molar-refractivity contribution in [3.05, 3.63) is 74.7 Å². The number of azo groups is 1. The Morgan fingerprint density at radius 2 is 1.85 bits per heavy atom. The van der Waals surface area contributed by atoms with E-state index in [1.807, 2.05) is 13.0 Å². The number of nitrogens with zero attached hydrogens (tertiary/aromatic N) is 4. The van der Waals surface area contributed by atoms with Crippen molar-refractivity contribution in [2.75, 3.05) is 6.61 Å². The van der Waals surface area contributed by atoms with Crippen LogP contribution in [0.25, 0.3) is 5.69 Å². The molecule has 1 N–H and O–H groups in total. The lowest BCUT2D eigenvalue weighted by Gasteiger charge is -2.04. The Balaban J connectivity index is 1.95. The zero-order valence-electron chi connectivity index (χ0n) is 14.7. The number of nitro benzene ring substituents is 1. The summed E-state index contributed by atoms with van der Waals surface area (Å²) >= 11 is 0. The molecule has 0 unspecified atom stereocenters. The number of non-ortho nitro benzene ring substituents is 1. The summed E-state index contributed by atoms with van der Waals surface area (Å²) in [6, 6.07) is 12.8.